The first-order chi connectivity index (χ1) is 9.02. The predicted molar refractivity (Wildman–Crippen MR) is 75.4 cm³/mol. The summed E-state index contributed by atoms with van der Waals surface area (Å²) in [5, 5.41) is 5.99. The van der Waals surface area contributed by atoms with Crippen LogP contribution in [0.15, 0.2) is 18.2 Å². The van der Waals surface area contributed by atoms with Crippen molar-refractivity contribution in [1.82, 2.24) is 5.32 Å². The first-order valence-electron chi connectivity index (χ1n) is 6.41. The third-order valence-electron chi connectivity index (χ3n) is 3.27. The summed E-state index contributed by atoms with van der Waals surface area (Å²) in [6.45, 7) is 4.40. The molecule has 0 aromatic heterocycles. The van der Waals surface area contributed by atoms with Crippen LogP contribution >= 0.6 is 11.6 Å². The largest absolute Gasteiger partial charge is 0.352 e. The van der Waals surface area contributed by atoms with Crippen LogP contribution in [-0.4, -0.2) is 18.4 Å². The number of halogens is 1. The van der Waals surface area contributed by atoms with E-state index in [1.165, 1.54) is 0 Å². The van der Waals surface area contributed by atoms with Gasteiger partial charge in [0.25, 0.3) is 5.91 Å². The van der Waals surface area contributed by atoms with Gasteiger partial charge in [0.2, 0.25) is 5.91 Å². The summed E-state index contributed by atoms with van der Waals surface area (Å²) in [5.41, 5.74) is 0.912. The van der Waals surface area contributed by atoms with Gasteiger partial charge in [-0.2, -0.15) is 0 Å². The molecule has 1 aliphatic carbocycles. The molecule has 1 saturated carbocycles. The van der Waals surface area contributed by atoms with Gasteiger partial charge < -0.3 is 10.6 Å². The zero-order valence-corrected chi connectivity index (χ0v) is 11.8. The van der Waals surface area contributed by atoms with E-state index < -0.39 is 0 Å². The molecule has 0 bridgehead atoms. The highest BCUT2D eigenvalue weighted by Crippen LogP contribution is 2.38. The van der Waals surface area contributed by atoms with Crippen LogP contribution in [0.1, 0.15) is 30.6 Å². The number of carbonyl (C=O) groups is 2. The molecule has 1 aliphatic rings. The molecule has 0 aliphatic heterocycles. The maximum absolute atomic E-state index is 11.9. The van der Waals surface area contributed by atoms with E-state index in [2.05, 4.69) is 10.6 Å². The lowest BCUT2D eigenvalue weighted by atomic mass is 10.1. The summed E-state index contributed by atoms with van der Waals surface area (Å²) in [5.74, 6) is 0.238. The van der Waals surface area contributed by atoms with Crippen LogP contribution in [0.4, 0.5) is 5.69 Å². The quantitative estimate of drug-likeness (QED) is 0.891. The minimum atomic E-state index is -0.232. The fraction of sp³-hybridized carbons (Fsp3) is 0.429. The number of carbonyl (C=O) groups excluding carboxylic acids is 2. The minimum absolute atomic E-state index is 0.0274. The molecule has 2 rings (SSSR count). The number of benzene rings is 1. The van der Waals surface area contributed by atoms with Gasteiger partial charge in [-0.25, -0.2) is 0 Å². The molecular formula is C14H17ClN2O2. The van der Waals surface area contributed by atoms with Gasteiger partial charge in [-0.1, -0.05) is 18.5 Å². The molecule has 1 aromatic carbocycles. The average molecular weight is 281 g/mol. The normalized spacial score (nSPS) is 20.8. The Morgan fingerprint density at radius 1 is 1.42 bits per heavy atom. The maximum Gasteiger partial charge on any atom is 0.253 e. The second kappa shape index (κ2) is 5.61. The molecule has 0 saturated heterocycles. The zero-order valence-electron chi connectivity index (χ0n) is 11.0. The van der Waals surface area contributed by atoms with Crippen molar-refractivity contribution in [1.29, 1.82) is 0 Å². The Morgan fingerprint density at radius 2 is 2.11 bits per heavy atom. The molecule has 19 heavy (non-hydrogen) atoms. The summed E-state index contributed by atoms with van der Waals surface area (Å²) in [4.78, 5) is 23.9. The Bertz CT molecular complexity index is 516. The molecule has 2 unspecified atom stereocenters. The molecule has 2 atom stereocenters. The van der Waals surface area contributed by atoms with Crippen molar-refractivity contribution in [3.63, 3.8) is 0 Å². The van der Waals surface area contributed by atoms with Crippen molar-refractivity contribution in [2.45, 2.75) is 20.3 Å². The molecular weight excluding hydrogens is 264 g/mol. The van der Waals surface area contributed by atoms with E-state index in [9.17, 15) is 9.59 Å². The van der Waals surface area contributed by atoms with E-state index in [0.29, 0.717) is 28.7 Å². The Morgan fingerprint density at radius 3 is 2.68 bits per heavy atom. The van der Waals surface area contributed by atoms with Gasteiger partial charge in [-0.3, -0.25) is 9.59 Å². The Hall–Kier alpha value is -1.55. The number of hydrogen-bond donors (Lipinski definition) is 2. The number of rotatable bonds is 4. The van der Waals surface area contributed by atoms with Crippen LogP contribution in [0.2, 0.25) is 5.02 Å². The number of anilines is 1. The van der Waals surface area contributed by atoms with Crippen LogP contribution in [0, 0.1) is 11.8 Å². The average Bonchev–Trinajstić information content (AvgIpc) is 3.09. The van der Waals surface area contributed by atoms with Crippen molar-refractivity contribution in [3.05, 3.63) is 28.8 Å². The fourth-order valence-electron chi connectivity index (χ4n) is 1.98. The molecule has 1 aromatic rings. The van der Waals surface area contributed by atoms with Crippen molar-refractivity contribution >= 4 is 29.1 Å². The van der Waals surface area contributed by atoms with Gasteiger partial charge in [-0.05, 0) is 37.5 Å². The molecule has 5 heteroatoms. The summed E-state index contributed by atoms with van der Waals surface area (Å²) in [6.07, 6.45) is 0.913. The molecule has 2 amide bonds. The molecule has 2 N–H and O–H groups in total. The summed E-state index contributed by atoms with van der Waals surface area (Å²) < 4.78 is 0. The number of amides is 2. The Labute approximate surface area is 117 Å². The lowest BCUT2D eigenvalue weighted by Crippen LogP contribution is -2.25. The Kier molecular flexibility index (Phi) is 4.10. The van der Waals surface area contributed by atoms with Crippen molar-refractivity contribution < 1.29 is 9.59 Å². The second-order valence-electron chi connectivity index (χ2n) is 4.86. The highest BCUT2D eigenvalue weighted by Gasteiger charge is 2.39. The molecule has 102 valence electrons. The highest BCUT2D eigenvalue weighted by molar-refractivity contribution is 6.31. The standard InChI is InChI=1S/C14H17ClN2O2/c1-3-16-13(18)11-7-9(15)4-5-12(11)17-14(19)10-6-8(10)2/h4-5,7-8,10H,3,6H2,1-2H3,(H,16,18)(H,17,19). The van der Waals surface area contributed by atoms with E-state index in [1.54, 1.807) is 18.2 Å². The summed E-state index contributed by atoms with van der Waals surface area (Å²) in [7, 11) is 0. The van der Waals surface area contributed by atoms with Gasteiger partial charge in [0.15, 0.2) is 0 Å². The molecule has 4 nitrogen and oxygen atoms in total. The van der Waals surface area contributed by atoms with Crippen LogP contribution in [0.3, 0.4) is 0 Å². The highest BCUT2D eigenvalue weighted by atomic mass is 35.5. The van der Waals surface area contributed by atoms with Crippen LogP contribution in [0.5, 0.6) is 0 Å². The molecule has 0 radical (unpaired) electrons. The van der Waals surface area contributed by atoms with Gasteiger partial charge in [0.05, 0.1) is 11.3 Å². The van der Waals surface area contributed by atoms with Crippen LogP contribution in [-0.2, 0) is 4.79 Å². The fourth-order valence-corrected chi connectivity index (χ4v) is 2.15. The minimum Gasteiger partial charge on any atom is -0.352 e. The first kappa shape index (κ1) is 13.9. The molecule has 0 heterocycles. The predicted octanol–water partition coefficient (Wildman–Crippen LogP) is 2.68. The SMILES string of the molecule is CCNC(=O)c1cc(Cl)ccc1NC(=O)C1CC1C. The van der Waals surface area contributed by atoms with Crippen molar-refractivity contribution in [3.8, 4) is 0 Å². The van der Waals surface area contributed by atoms with E-state index in [-0.39, 0.29) is 17.7 Å². The monoisotopic (exact) mass is 280 g/mol. The van der Waals surface area contributed by atoms with Crippen molar-refractivity contribution in [2.24, 2.45) is 11.8 Å². The smallest absolute Gasteiger partial charge is 0.253 e. The van der Waals surface area contributed by atoms with E-state index in [4.69, 9.17) is 11.6 Å². The third-order valence-corrected chi connectivity index (χ3v) is 3.50. The zero-order chi connectivity index (χ0) is 14.0. The van der Waals surface area contributed by atoms with E-state index in [1.807, 2.05) is 13.8 Å². The molecule has 1 fully saturated rings. The maximum atomic E-state index is 11.9. The Balaban J connectivity index is 2.19. The van der Waals surface area contributed by atoms with Gasteiger partial charge in [0.1, 0.15) is 0 Å². The topological polar surface area (TPSA) is 58.2 Å². The number of nitrogens with one attached hydrogen (secondary N) is 2. The van der Waals surface area contributed by atoms with Gasteiger partial charge in [-0.15, -0.1) is 0 Å². The number of hydrogen-bond acceptors (Lipinski definition) is 2. The summed E-state index contributed by atoms with van der Waals surface area (Å²) in [6, 6.07) is 4.90. The third kappa shape index (κ3) is 3.26. The second-order valence-corrected chi connectivity index (χ2v) is 5.29. The summed E-state index contributed by atoms with van der Waals surface area (Å²) >= 11 is 5.90. The lowest BCUT2D eigenvalue weighted by molar-refractivity contribution is -0.117. The van der Waals surface area contributed by atoms with Gasteiger partial charge in [0, 0.05) is 17.5 Å². The first-order valence-corrected chi connectivity index (χ1v) is 6.79. The van der Waals surface area contributed by atoms with Gasteiger partial charge >= 0.3 is 0 Å². The van der Waals surface area contributed by atoms with Crippen LogP contribution < -0.4 is 10.6 Å². The van der Waals surface area contributed by atoms with E-state index in [0.717, 1.165) is 6.42 Å². The van der Waals surface area contributed by atoms with Crippen LogP contribution in [0.25, 0.3) is 0 Å². The molecule has 0 spiro atoms. The van der Waals surface area contributed by atoms with Crippen molar-refractivity contribution in [2.75, 3.05) is 11.9 Å². The van der Waals surface area contributed by atoms with E-state index >= 15 is 0 Å². The lowest BCUT2D eigenvalue weighted by Gasteiger charge is -2.11.